The SMILES string of the molecule is CCCNc1nc(C)cn1-c1cccc(F)c1F. The lowest BCUT2D eigenvalue weighted by atomic mass is 10.3. The van der Waals surface area contributed by atoms with Crippen LogP contribution in [0.4, 0.5) is 14.7 Å². The number of hydrogen-bond donors (Lipinski definition) is 1. The van der Waals surface area contributed by atoms with Crippen LogP contribution in [-0.2, 0) is 0 Å². The summed E-state index contributed by atoms with van der Waals surface area (Å²) in [6.45, 7) is 4.56. The minimum atomic E-state index is -0.866. The summed E-state index contributed by atoms with van der Waals surface area (Å²) in [7, 11) is 0. The molecular formula is C13H15F2N3. The van der Waals surface area contributed by atoms with E-state index in [0.717, 1.165) is 24.7 Å². The second-order valence-corrected chi connectivity index (χ2v) is 4.08. The van der Waals surface area contributed by atoms with Crippen LogP contribution in [0.25, 0.3) is 5.69 Å². The molecule has 18 heavy (non-hydrogen) atoms. The Morgan fingerprint density at radius 2 is 2.11 bits per heavy atom. The second-order valence-electron chi connectivity index (χ2n) is 4.08. The monoisotopic (exact) mass is 251 g/mol. The van der Waals surface area contributed by atoms with Crippen molar-refractivity contribution in [2.24, 2.45) is 0 Å². The maximum atomic E-state index is 13.7. The van der Waals surface area contributed by atoms with E-state index < -0.39 is 11.6 Å². The number of rotatable bonds is 4. The van der Waals surface area contributed by atoms with Crippen LogP contribution in [0.5, 0.6) is 0 Å². The van der Waals surface area contributed by atoms with Crippen LogP contribution >= 0.6 is 0 Å². The maximum absolute atomic E-state index is 13.7. The van der Waals surface area contributed by atoms with Crippen LogP contribution in [0.1, 0.15) is 19.0 Å². The van der Waals surface area contributed by atoms with E-state index in [0.29, 0.717) is 5.95 Å². The molecule has 0 aliphatic rings. The van der Waals surface area contributed by atoms with E-state index >= 15 is 0 Å². The molecule has 5 heteroatoms. The van der Waals surface area contributed by atoms with Crippen molar-refractivity contribution >= 4 is 5.95 Å². The van der Waals surface area contributed by atoms with Gasteiger partial charge in [0.05, 0.1) is 11.4 Å². The number of hydrogen-bond acceptors (Lipinski definition) is 2. The highest BCUT2D eigenvalue weighted by atomic mass is 19.2. The highest BCUT2D eigenvalue weighted by Crippen LogP contribution is 2.21. The number of aryl methyl sites for hydroxylation is 1. The average Bonchev–Trinajstić information content (AvgIpc) is 2.71. The molecule has 2 rings (SSSR count). The van der Waals surface area contributed by atoms with Gasteiger partial charge < -0.3 is 5.32 Å². The normalized spacial score (nSPS) is 10.7. The summed E-state index contributed by atoms with van der Waals surface area (Å²) >= 11 is 0. The van der Waals surface area contributed by atoms with E-state index in [-0.39, 0.29) is 5.69 Å². The van der Waals surface area contributed by atoms with Gasteiger partial charge in [0.15, 0.2) is 11.6 Å². The average molecular weight is 251 g/mol. The largest absolute Gasteiger partial charge is 0.355 e. The Hall–Kier alpha value is -1.91. The summed E-state index contributed by atoms with van der Waals surface area (Å²) in [6, 6.07) is 4.10. The van der Waals surface area contributed by atoms with Gasteiger partial charge in [-0.1, -0.05) is 13.0 Å². The van der Waals surface area contributed by atoms with Gasteiger partial charge in [-0.05, 0) is 25.5 Å². The van der Waals surface area contributed by atoms with Gasteiger partial charge in [0.2, 0.25) is 5.95 Å². The fraction of sp³-hybridized carbons (Fsp3) is 0.308. The summed E-state index contributed by atoms with van der Waals surface area (Å²) in [4.78, 5) is 4.26. The van der Waals surface area contributed by atoms with Gasteiger partial charge in [-0.25, -0.2) is 13.8 Å². The Balaban J connectivity index is 2.46. The number of aromatic nitrogens is 2. The molecule has 0 amide bonds. The molecule has 0 aliphatic heterocycles. The van der Waals surface area contributed by atoms with E-state index in [1.54, 1.807) is 6.20 Å². The van der Waals surface area contributed by atoms with E-state index in [2.05, 4.69) is 10.3 Å². The van der Waals surface area contributed by atoms with E-state index in [4.69, 9.17) is 0 Å². The molecule has 0 aliphatic carbocycles. The van der Waals surface area contributed by atoms with Crippen LogP contribution in [0.2, 0.25) is 0 Å². The Labute approximate surface area is 104 Å². The molecule has 1 heterocycles. The quantitative estimate of drug-likeness (QED) is 0.903. The molecular weight excluding hydrogens is 236 g/mol. The summed E-state index contributed by atoms with van der Waals surface area (Å²) in [5, 5.41) is 3.09. The molecule has 0 atom stereocenters. The van der Waals surface area contributed by atoms with Crippen molar-refractivity contribution in [3.63, 3.8) is 0 Å². The molecule has 2 aromatic rings. The van der Waals surface area contributed by atoms with Crippen LogP contribution in [0.3, 0.4) is 0 Å². The molecule has 96 valence electrons. The van der Waals surface area contributed by atoms with Crippen molar-refractivity contribution < 1.29 is 8.78 Å². The predicted octanol–water partition coefficient (Wildman–Crippen LogP) is 3.28. The van der Waals surface area contributed by atoms with Crippen molar-refractivity contribution in [3.8, 4) is 5.69 Å². The minimum Gasteiger partial charge on any atom is -0.355 e. The van der Waals surface area contributed by atoms with Crippen molar-refractivity contribution in [2.75, 3.05) is 11.9 Å². The highest BCUT2D eigenvalue weighted by Gasteiger charge is 2.13. The zero-order valence-corrected chi connectivity index (χ0v) is 10.4. The Morgan fingerprint density at radius 3 is 2.83 bits per heavy atom. The highest BCUT2D eigenvalue weighted by molar-refractivity contribution is 5.44. The Morgan fingerprint density at radius 1 is 1.33 bits per heavy atom. The number of imidazole rings is 1. The summed E-state index contributed by atoms with van der Waals surface area (Å²) in [5.41, 5.74) is 0.909. The van der Waals surface area contributed by atoms with Crippen molar-refractivity contribution in [1.82, 2.24) is 9.55 Å². The van der Waals surface area contributed by atoms with E-state index in [1.165, 1.54) is 16.7 Å². The third-order valence-electron chi connectivity index (χ3n) is 2.55. The first-order valence-corrected chi connectivity index (χ1v) is 5.87. The molecule has 0 saturated carbocycles. The lowest BCUT2D eigenvalue weighted by Crippen LogP contribution is -2.08. The topological polar surface area (TPSA) is 29.9 Å². The van der Waals surface area contributed by atoms with Crippen LogP contribution in [-0.4, -0.2) is 16.1 Å². The summed E-state index contributed by atoms with van der Waals surface area (Å²) in [6.07, 6.45) is 2.60. The fourth-order valence-corrected chi connectivity index (χ4v) is 1.72. The first-order valence-electron chi connectivity index (χ1n) is 5.87. The predicted molar refractivity (Wildman–Crippen MR) is 67.0 cm³/mol. The van der Waals surface area contributed by atoms with Gasteiger partial charge in [-0.2, -0.15) is 0 Å². The smallest absolute Gasteiger partial charge is 0.207 e. The minimum absolute atomic E-state index is 0.161. The molecule has 1 aromatic heterocycles. The standard InChI is InChI=1S/C13H15F2N3/c1-3-7-16-13-17-9(2)8-18(13)11-6-4-5-10(14)12(11)15/h4-6,8H,3,7H2,1-2H3,(H,16,17). The maximum Gasteiger partial charge on any atom is 0.207 e. The van der Waals surface area contributed by atoms with Crippen molar-refractivity contribution in [1.29, 1.82) is 0 Å². The number of nitrogens with one attached hydrogen (secondary N) is 1. The molecule has 1 aromatic carbocycles. The number of nitrogens with zero attached hydrogens (tertiary/aromatic N) is 2. The first-order chi connectivity index (χ1) is 8.63. The van der Waals surface area contributed by atoms with Gasteiger partial charge in [-0.3, -0.25) is 4.57 Å². The van der Waals surface area contributed by atoms with Gasteiger partial charge in [0, 0.05) is 12.7 Å². The molecule has 0 saturated heterocycles. The molecule has 0 unspecified atom stereocenters. The third-order valence-corrected chi connectivity index (χ3v) is 2.55. The number of benzene rings is 1. The van der Waals surface area contributed by atoms with Gasteiger partial charge in [0.25, 0.3) is 0 Å². The molecule has 0 bridgehead atoms. The number of halogens is 2. The first kappa shape index (κ1) is 12.5. The van der Waals surface area contributed by atoms with Gasteiger partial charge in [0.1, 0.15) is 0 Å². The van der Waals surface area contributed by atoms with Gasteiger partial charge >= 0.3 is 0 Å². The fourth-order valence-electron chi connectivity index (χ4n) is 1.72. The van der Waals surface area contributed by atoms with Crippen LogP contribution in [0, 0.1) is 18.6 Å². The van der Waals surface area contributed by atoms with Crippen molar-refractivity contribution in [2.45, 2.75) is 20.3 Å². The van der Waals surface area contributed by atoms with Crippen LogP contribution < -0.4 is 5.32 Å². The molecule has 1 N–H and O–H groups in total. The Bertz CT molecular complexity index is 549. The lowest BCUT2D eigenvalue weighted by Gasteiger charge is -2.10. The summed E-state index contributed by atoms with van der Waals surface area (Å²) < 4.78 is 28.5. The van der Waals surface area contributed by atoms with Crippen molar-refractivity contribution in [3.05, 3.63) is 41.7 Å². The van der Waals surface area contributed by atoms with E-state index in [1.807, 2.05) is 13.8 Å². The van der Waals surface area contributed by atoms with Gasteiger partial charge in [-0.15, -0.1) is 0 Å². The Kier molecular flexibility index (Phi) is 3.60. The summed E-state index contributed by atoms with van der Waals surface area (Å²) in [5.74, 6) is -1.20. The molecule has 0 fully saturated rings. The third kappa shape index (κ3) is 2.34. The molecule has 0 radical (unpaired) electrons. The zero-order chi connectivity index (χ0) is 13.1. The number of anilines is 1. The second kappa shape index (κ2) is 5.16. The zero-order valence-electron chi connectivity index (χ0n) is 10.4. The van der Waals surface area contributed by atoms with Crippen LogP contribution in [0.15, 0.2) is 24.4 Å². The molecule has 3 nitrogen and oxygen atoms in total. The van der Waals surface area contributed by atoms with E-state index in [9.17, 15) is 8.78 Å². The molecule has 0 spiro atoms. The lowest BCUT2D eigenvalue weighted by molar-refractivity contribution is 0.504.